The highest BCUT2D eigenvalue weighted by Gasteiger charge is 2.08. The third-order valence-corrected chi connectivity index (χ3v) is 2.44. The summed E-state index contributed by atoms with van der Waals surface area (Å²) < 4.78 is 17.7. The maximum absolute atomic E-state index is 5.46. The Kier molecular flexibility index (Phi) is 6.53. The van der Waals surface area contributed by atoms with Crippen LogP contribution in [-0.2, 0) is 16.5 Å². The monoisotopic (exact) mass is 257 g/mol. The van der Waals surface area contributed by atoms with Crippen LogP contribution < -0.4 is 10.1 Å². The van der Waals surface area contributed by atoms with Gasteiger partial charge in [-0.2, -0.15) is 5.10 Å². The summed E-state index contributed by atoms with van der Waals surface area (Å²) in [4.78, 5) is 0. The number of ether oxygens (including phenoxy) is 3. The third kappa shape index (κ3) is 4.54. The molecule has 1 N–H and O–H groups in total. The molecule has 0 unspecified atom stereocenters. The summed E-state index contributed by atoms with van der Waals surface area (Å²) >= 11 is 0. The van der Waals surface area contributed by atoms with Crippen molar-refractivity contribution in [1.29, 1.82) is 0 Å². The van der Waals surface area contributed by atoms with Crippen molar-refractivity contribution in [3.63, 3.8) is 0 Å². The Morgan fingerprint density at radius 2 is 2.00 bits per heavy atom. The molecule has 1 heterocycles. The summed E-state index contributed by atoms with van der Waals surface area (Å²) in [7, 11) is 3.47. The summed E-state index contributed by atoms with van der Waals surface area (Å²) in [6.45, 7) is 5.97. The van der Waals surface area contributed by atoms with Crippen LogP contribution in [0.1, 0.15) is 20.3 Å². The maximum atomic E-state index is 5.46. The average molecular weight is 257 g/mol. The van der Waals surface area contributed by atoms with Gasteiger partial charge in [0.2, 0.25) is 5.88 Å². The minimum Gasteiger partial charge on any atom is -0.481 e. The van der Waals surface area contributed by atoms with Gasteiger partial charge in [-0.15, -0.1) is 0 Å². The van der Waals surface area contributed by atoms with Crippen molar-refractivity contribution in [2.45, 2.75) is 26.6 Å². The predicted octanol–water partition coefficient (Wildman–Crippen LogP) is 1.63. The standard InChI is InChI=1S/C12H23N3O3/c1-5-17-12(18-6-2)7-8-13-10-9-11(16-4)15(3)14-10/h9,12H,5-8H2,1-4H3,(H,13,14). The van der Waals surface area contributed by atoms with Gasteiger partial charge >= 0.3 is 0 Å². The van der Waals surface area contributed by atoms with Gasteiger partial charge < -0.3 is 19.5 Å². The van der Waals surface area contributed by atoms with Crippen LogP contribution in [0.4, 0.5) is 5.82 Å². The molecule has 0 saturated carbocycles. The van der Waals surface area contributed by atoms with Crippen molar-refractivity contribution in [1.82, 2.24) is 9.78 Å². The fourth-order valence-electron chi connectivity index (χ4n) is 1.63. The molecule has 0 atom stereocenters. The number of methoxy groups -OCH3 is 1. The second-order valence-electron chi connectivity index (χ2n) is 3.75. The van der Waals surface area contributed by atoms with Crippen molar-refractivity contribution >= 4 is 5.82 Å². The molecule has 0 aromatic carbocycles. The Morgan fingerprint density at radius 3 is 2.50 bits per heavy atom. The van der Waals surface area contributed by atoms with Crippen LogP contribution in [0.15, 0.2) is 6.07 Å². The van der Waals surface area contributed by atoms with E-state index in [9.17, 15) is 0 Å². The van der Waals surface area contributed by atoms with E-state index in [4.69, 9.17) is 14.2 Å². The summed E-state index contributed by atoms with van der Waals surface area (Å²) in [5.74, 6) is 1.52. The number of hydrogen-bond donors (Lipinski definition) is 1. The zero-order chi connectivity index (χ0) is 13.4. The van der Waals surface area contributed by atoms with E-state index in [1.54, 1.807) is 11.8 Å². The molecule has 6 heteroatoms. The third-order valence-electron chi connectivity index (χ3n) is 2.44. The van der Waals surface area contributed by atoms with Crippen LogP contribution in [0.2, 0.25) is 0 Å². The summed E-state index contributed by atoms with van der Waals surface area (Å²) in [5.41, 5.74) is 0. The highest BCUT2D eigenvalue weighted by Crippen LogP contribution is 2.15. The van der Waals surface area contributed by atoms with Gasteiger partial charge in [0.15, 0.2) is 12.1 Å². The van der Waals surface area contributed by atoms with Gasteiger partial charge in [-0.25, -0.2) is 4.68 Å². The van der Waals surface area contributed by atoms with Crippen LogP contribution >= 0.6 is 0 Å². The van der Waals surface area contributed by atoms with Gasteiger partial charge in [0.05, 0.1) is 7.11 Å². The molecule has 0 aliphatic rings. The van der Waals surface area contributed by atoms with E-state index in [0.29, 0.717) is 13.2 Å². The minimum absolute atomic E-state index is 0.155. The summed E-state index contributed by atoms with van der Waals surface area (Å²) in [6, 6.07) is 1.86. The average Bonchev–Trinajstić information content (AvgIpc) is 2.70. The number of rotatable bonds is 9. The fraction of sp³-hybridized carbons (Fsp3) is 0.750. The smallest absolute Gasteiger partial charge is 0.213 e. The Balaban J connectivity index is 2.34. The van der Waals surface area contributed by atoms with Crippen LogP contribution in [0.3, 0.4) is 0 Å². The zero-order valence-electron chi connectivity index (χ0n) is 11.6. The Morgan fingerprint density at radius 1 is 1.33 bits per heavy atom. The van der Waals surface area contributed by atoms with Crippen LogP contribution in [0.5, 0.6) is 5.88 Å². The van der Waals surface area contributed by atoms with Crippen molar-refractivity contribution in [2.24, 2.45) is 7.05 Å². The first-order valence-electron chi connectivity index (χ1n) is 6.26. The molecule has 18 heavy (non-hydrogen) atoms. The van der Waals surface area contributed by atoms with E-state index in [1.807, 2.05) is 27.0 Å². The van der Waals surface area contributed by atoms with Crippen LogP contribution in [0, 0.1) is 0 Å². The van der Waals surface area contributed by atoms with Crippen molar-refractivity contribution in [3.8, 4) is 5.88 Å². The first kappa shape index (κ1) is 14.8. The molecule has 0 saturated heterocycles. The molecule has 0 radical (unpaired) electrons. The largest absolute Gasteiger partial charge is 0.481 e. The SMILES string of the molecule is CCOC(CCNc1cc(OC)n(C)n1)OCC. The topological polar surface area (TPSA) is 57.5 Å². The van der Waals surface area contributed by atoms with E-state index in [1.165, 1.54) is 0 Å². The molecule has 104 valence electrons. The lowest BCUT2D eigenvalue weighted by molar-refractivity contribution is -0.137. The molecule has 0 spiro atoms. The fourth-order valence-corrected chi connectivity index (χ4v) is 1.63. The lowest BCUT2D eigenvalue weighted by Gasteiger charge is -2.16. The Hall–Kier alpha value is -1.27. The molecule has 0 fully saturated rings. The van der Waals surface area contributed by atoms with E-state index in [0.717, 1.165) is 24.7 Å². The molecular weight excluding hydrogens is 234 g/mol. The number of anilines is 1. The van der Waals surface area contributed by atoms with Crippen molar-refractivity contribution in [3.05, 3.63) is 6.07 Å². The molecule has 6 nitrogen and oxygen atoms in total. The van der Waals surface area contributed by atoms with Crippen molar-refractivity contribution < 1.29 is 14.2 Å². The van der Waals surface area contributed by atoms with E-state index < -0.39 is 0 Å². The van der Waals surface area contributed by atoms with Gasteiger partial charge in [-0.1, -0.05) is 0 Å². The molecule has 0 amide bonds. The van der Waals surface area contributed by atoms with Gasteiger partial charge in [0, 0.05) is 39.3 Å². The Labute approximate surface area is 108 Å². The van der Waals surface area contributed by atoms with Crippen molar-refractivity contribution in [2.75, 3.05) is 32.2 Å². The number of aromatic nitrogens is 2. The number of hydrogen-bond acceptors (Lipinski definition) is 5. The molecule has 0 aliphatic heterocycles. The Bertz CT molecular complexity index is 335. The normalized spacial score (nSPS) is 10.9. The summed E-state index contributed by atoms with van der Waals surface area (Å²) in [6.07, 6.45) is 0.624. The lowest BCUT2D eigenvalue weighted by Crippen LogP contribution is -2.21. The molecule has 0 aliphatic carbocycles. The van der Waals surface area contributed by atoms with Crippen LogP contribution in [-0.4, -0.2) is 42.9 Å². The van der Waals surface area contributed by atoms with Gasteiger partial charge in [-0.3, -0.25) is 0 Å². The maximum Gasteiger partial charge on any atom is 0.213 e. The van der Waals surface area contributed by atoms with Gasteiger partial charge in [0.1, 0.15) is 0 Å². The van der Waals surface area contributed by atoms with E-state index in [2.05, 4.69) is 10.4 Å². The van der Waals surface area contributed by atoms with E-state index >= 15 is 0 Å². The molecule has 1 aromatic heterocycles. The first-order chi connectivity index (χ1) is 8.71. The van der Waals surface area contributed by atoms with Crippen LogP contribution in [0.25, 0.3) is 0 Å². The second-order valence-corrected chi connectivity index (χ2v) is 3.75. The molecular formula is C12H23N3O3. The summed E-state index contributed by atoms with van der Waals surface area (Å²) in [5, 5.41) is 7.48. The number of aryl methyl sites for hydroxylation is 1. The first-order valence-corrected chi connectivity index (χ1v) is 6.26. The molecule has 0 bridgehead atoms. The second kappa shape index (κ2) is 7.94. The zero-order valence-corrected chi connectivity index (χ0v) is 11.6. The van der Waals surface area contributed by atoms with E-state index in [-0.39, 0.29) is 6.29 Å². The molecule has 1 aromatic rings. The van der Waals surface area contributed by atoms with Gasteiger partial charge in [-0.05, 0) is 13.8 Å². The number of nitrogens with one attached hydrogen (secondary N) is 1. The quantitative estimate of drug-likeness (QED) is 0.681. The number of nitrogens with zero attached hydrogens (tertiary/aromatic N) is 2. The highest BCUT2D eigenvalue weighted by molar-refractivity contribution is 5.38. The minimum atomic E-state index is -0.155. The molecule has 1 rings (SSSR count). The lowest BCUT2D eigenvalue weighted by atomic mass is 10.4. The highest BCUT2D eigenvalue weighted by atomic mass is 16.7. The van der Waals surface area contributed by atoms with Gasteiger partial charge in [0.25, 0.3) is 0 Å². The predicted molar refractivity (Wildman–Crippen MR) is 69.9 cm³/mol.